The van der Waals surface area contributed by atoms with Gasteiger partial charge in [-0.05, 0) is 37.6 Å². The first-order chi connectivity index (χ1) is 9.20. The first-order valence-electron chi connectivity index (χ1n) is 6.61. The highest BCUT2D eigenvalue weighted by Crippen LogP contribution is 2.20. The molecule has 100 valence electrons. The molecular formula is C14H17N3O2. The van der Waals surface area contributed by atoms with Crippen LogP contribution in [-0.2, 0) is 4.79 Å². The van der Waals surface area contributed by atoms with Crippen LogP contribution in [0.15, 0.2) is 22.6 Å². The van der Waals surface area contributed by atoms with Gasteiger partial charge in [-0.2, -0.15) is 0 Å². The number of aryl methyl sites for hydroxylation is 1. The molecule has 0 bridgehead atoms. The van der Waals surface area contributed by atoms with Gasteiger partial charge >= 0.3 is 0 Å². The van der Waals surface area contributed by atoms with E-state index in [9.17, 15) is 4.79 Å². The van der Waals surface area contributed by atoms with E-state index < -0.39 is 0 Å². The lowest BCUT2D eigenvalue weighted by Crippen LogP contribution is -2.27. The van der Waals surface area contributed by atoms with Crippen molar-refractivity contribution >= 4 is 22.7 Å². The van der Waals surface area contributed by atoms with Crippen molar-refractivity contribution in [2.45, 2.75) is 32.2 Å². The Hall–Kier alpha value is -1.88. The molecule has 1 aromatic carbocycles. The molecule has 19 heavy (non-hydrogen) atoms. The highest BCUT2D eigenvalue weighted by Gasteiger charge is 2.17. The molecule has 1 aromatic heterocycles. The van der Waals surface area contributed by atoms with Crippen molar-refractivity contribution in [2.75, 3.05) is 11.9 Å². The van der Waals surface area contributed by atoms with E-state index in [2.05, 4.69) is 15.6 Å². The lowest BCUT2D eigenvalue weighted by atomic mass is 10.1. The van der Waals surface area contributed by atoms with E-state index >= 15 is 0 Å². The van der Waals surface area contributed by atoms with Crippen molar-refractivity contribution in [3.63, 3.8) is 0 Å². The average Bonchev–Trinajstić information content (AvgIpc) is 2.96. The molecule has 1 unspecified atom stereocenters. The second-order valence-electron chi connectivity index (χ2n) is 4.96. The van der Waals surface area contributed by atoms with E-state index in [-0.39, 0.29) is 5.91 Å². The smallest absolute Gasteiger partial charge is 0.225 e. The zero-order valence-electron chi connectivity index (χ0n) is 10.9. The highest BCUT2D eigenvalue weighted by atomic mass is 16.3. The maximum Gasteiger partial charge on any atom is 0.225 e. The summed E-state index contributed by atoms with van der Waals surface area (Å²) in [5.74, 6) is 0.674. The van der Waals surface area contributed by atoms with Crippen LogP contribution in [0.3, 0.4) is 0 Å². The fourth-order valence-corrected chi connectivity index (χ4v) is 2.49. The predicted molar refractivity (Wildman–Crippen MR) is 73.0 cm³/mol. The minimum absolute atomic E-state index is 0.0407. The first kappa shape index (κ1) is 12.2. The largest absolute Gasteiger partial charge is 0.441 e. The van der Waals surface area contributed by atoms with Crippen LogP contribution >= 0.6 is 0 Å². The standard InChI is InChI=1S/C14H17N3O2/c1-9-16-12-7-11(4-5-13(12)19-9)17-14(18)8-10-3-2-6-15-10/h4-5,7,10,15H,2-3,6,8H2,1H3,(H,17,18). The third-order valence-electron chi connectivity index (χ3n) is 3.37. The molecule has 0 spiro atoms. The van der Waals surface area contributed by atoms with Crippen LogP contribution in [0.25, 0.3) is 11.1 Å². The summed E-state index contributed by atoms with van der Waals surface area (Å²) in [6, 6.07) is 5.83. The summed E-state index contributed by atoms with van der Waals surface area (Å²) in [5.41, 5.74) is 2.28. The lowest BCUT2D eigenvalue weighted by molar-refractivity contribution is -0.116. The Morgan fingerprint density at radius 1 is 1.58 bits per heavy atom. The minimum Gasteiger partial charge on any atom is -0.441 e. The summed E-state index contributed by atoms with van der Waals surface area (Å²) in [6.45, 7) is 2.83. The lowest BCUT2D eigenvalue weighted by Gasteiger charge is -2.10. The zero-order chi connectivity index (χ0) is 13.2. The second-order valence-corrected chi connectivity index (χ2v) is 4.96. The van der Waals surface area contributed by atoms with E-state index in [1.54, 1.807) is 0 Å². The van der Waals surface area contributed by atoms with Gasteiger partial charge in [0.15, 0.2) is 11.5 Å². The summed E-state index contributed by atoms with van der Waals surface area (Å²) >= 11 is 0. The Balaban J connectivity index is 1.68. The highest BCUT2D eigenvalue weighted by molar-refractivity contribution is 5.93. The molecule has 2 aromatic rings. The maximum absolute atomic E-state index is 11.9. The minimum atomic E-state index is 0.0407. The van der Waals surface area contributed by atoms with E-state index in [0.29, 0.717) is 18.4 Å². The number of nitrogens with one attached hydrogen (secondary N) is 2. The molecule has 1 aliphatic rings. The fourth-order valence-electron chi connectivity index (χ4n) is 2.49. The van der Waals surface area contributed by atoms with Crippen molar-refractivity contribution < 1.29 is 9.21 Å². The molecule has 3 rings (SSSR count). The summed E-state index contributed by atoms with van der Waals surface area (Å²) < 4.78 is 5.40. The Morgan fingerprint density at radius 2 is 2.47 bits per heavy atom. The van der Waals surface area contributed by atoms with Crippen LogP contribution < -0.4 is 10.6 Å². The number of anilines is 1. The van der Waals surface area contributed by atoms with Crippen LogP contribution in [0.5, 0.6) is 0 Å². The van der Waals surface area contributed by atoms with Gasteiger partial charge in [0.05, 0.1) is 0 Å². The number of carbonyl (C=O) groups excluding carboxylic acids is 1. The molecule has 2 N–H and O–H groups in total. The van der Waals surface area contributed by atoms with Gasteiger partial charge in [-0.3, -0.25) is 4.79 Å². The molecule has 2 heterocycles. The number of aromatic nitrogens is 1. The number of oxazole rings is 1. The third kappa shape index (κ3) is 2.76. The molecule has 0 radical (unpaired) electrons. The van der Waals surface area contributed by atoms with E-state index in [1.807, 2.05) is 25.1 Å². The maximum atomic E-state index is 11.9. The van der Waals surface area contributed by atoms with Crippen LogP contribution in [-0.4, -0.2) is 23.5 Å². The van der Waals surface area contributed by atoms with Crippen LogP contribution in [0.1, 0.15) is 25.2 Å². The number of hydrogen-bond acceptors (Lipinski definition) is 4. The monoisotopic (exact) mass is 259 g/mol. The number of amides is 1. The Morgan fingerprint density at radius 3 is 3.26 bits per heavy atom. The number of rotatable bonds is 3. The van der Waals surface area contributed by atoms with Gasteiger partial charge in [-0.1, -0.05) is 0 Å². The van der Waals surface area contributed by atoms with Crippen molar-refractivity contribution in [3.05, 3.63) is 24.1 Å². The molecule has 1 aliphatic heterocycles. The fraction of sp³-hybridized carbons (Fsp3) is 0.429. The molecule has 5 heteroatoms. The molecule has 5 nitrogen and oxygen atoms in total. The number of carbonyl (C=O) groups is 1. The van der Waals surface area contributed by atoms with Gasteiger partial charge in [0.25, 0.3) is 0 Å². The number of hydrogen-bond donors (Lipinski definition) is 2. The second kappa shape index (κ2) is 5.01. The Kier molecular flexibility index (Phi) is 3.21. The van der Waals surface area contributed by atoms with Crippen LogP contribution in [0.2, 0.25) is 0 Å². The van der Waals surface area contributed by atoms with Crippen molar-refractivity contribution in [1.29, 1.82) is 0 Å². The summed E-state index contributed by atoms with van der Waals surface area (Å²) in [5, 5.41) is 6.23. The van der Waals surface area contributed by atoms with Gasteiger partial charge in [-0.25, -0.2) is 4.98 Å². The molecule has 1 amide bonds. The van der Waals surface area contributed by atoms with Gasteiger partial charge < -0.3 is 15.1 Å². The SMILES string of the molecule is Cc1nc2cc(NC(=O)CC3CCCN3)ccc2o1. The summed E-state index contributed by atoms with van der Waals surface area (Å²) in [7, 11) is 0. The molecule has 1 atom stereocenters. The number of fused-ring (bicyclic) bond motifs is 1. The van der Waals surface area contributed by atoms with Gasteiger partial charge in [0.1, 0.15) is 5.52 Å². The molecular weight excluding hydrogens is 242 g/mol. The topological polar surface area (TPSA) is 67.2 Å². The predicted octanol–water partition coefficient (Wildman–Crippen LogP) is 2.22. The Bertz CT molecular complexity index is 600. The summed E-state index contributed by atoms with van der Waals surface area (Å²) in [4.78, 5) is 16.2. The average molecular weight is 259 g/mol. The zero-order valence-corrected chi connectivity index (χ0v) is 10.9. The molecule has 0 saturated carbocycles. The molecule has 1 saturated heterocycles. The van der Waals surface area contributed by atoms with Crippen molar-refractivity contribution in [3.8, 4) is 0 Å². The van der Waals surface area contributed by atoms with Gasteiger partial charge in [-0.15, -0.1) is 0 Å². The summed E-state index contributed by atoms with van der Waals surface area (Å²) in [6.07, 6.45) is 2.76. The van der Waals surface area contributed by atoms with Gasteiger partial charge in [0.2, 0.25) is 5.91 Å². The van der Waals surface area contributed by atoms with E-state index in [1.165, 1.54) is 0 Å². The Labute approximate surface area is 111 Å². The normalized spacial score (nSPS) is 18.9. The number of benzene rings is 1. The van der Waals surface area contributed by atoms with Crippen molar-refractivity contribution in [1.82, 2.24) is 10.3 Å². The van der Waals surface area contributed by atoms with Crippen molar-refractivity contribution in [2.24, 2.45) is 0 Å². The van der Waals surface area contributed by atoms with E-state index in [4.69, 9.17) is 4.42 Å². The number of nitrogens with zero attached hydrogens (tertiary/aromatic N) is 1. The van der Waals surface area contributed by atoms with Gasteiger partial charge in [0, 0.05) is 25.1 Å². The third-order valence-corrected chi connectivity index (χ3v) is 3.37. The molecule has 0 aliphatic carbocycles. The van der Waals surface area contributed by atoms with Crippen LogP contribution in [0, 0.1) is 6.92 Å². The van der Waals surface area contributed by atoms with E-state index in [0.717, 1.165) is 36.2 Å². The molecule has 1 fully saturated rings. The first-order valence-corrected chi connectivity index (χ1v) is 6.61. The van der Waals surface area contributed by atoms with Crippen LogP contribution in [0.4, 0.5) is 5.69 Å². The quantitative estimate of drug-likeness (QED) is 0.887.